The molecule has 2 aromatic heterocycles. The van der Waals surface area contributed by atoms with E-state index in [1.807, 2.05) is 12.1 Å². The second kappa shape index (κ2) is 17.6. The third kappa shape index (κ3) is 7.54. The van der Waals surface area contributed by atoms with Crippen LogP contribution in [0.3, 0.4) is 0 Å². The van der Waals surface area contributed by atoms with Crippen LogP contribution in [0.5, 0.6) is 0 Å². The van der Waals surface area contributed by atoms with E-state index in [4.69, 9.17) is 4.42 Å². The van der Waals surface area contributed by atoms with Gasteiger partial charge in [-0.05, 0) is 146 Å². The zero-order valence-corrected chi connectivity index (χ0v) is 39.9. The highest BCUT2D eigenvalue weighted by molar-refractivity contribution is 6.10. The lowest BCUT2D eigenvalue weighted by molar-refractivity contribution is 0.669. The lowest BCUT2D eigenvalue weighted by atomic mass is 9.97. The lowest BCUT2D eigenvalue weighted by Crippen LogP contribution is -2.09. The maximum Gasteiger partial charge on any atom is 0.136 e. The summed E-state index contributed by atoms with van der Waals surface area (Å²) in [7, 11) is 0. The average Bonchev–Trinajstić information content (AvgIpc) is 4.02. The van der Waals surface area contributed by atoms with Crippen molar-refractivity contribution in [3.63, 3.8) is 0 Å². The molecule has 0 amide bonds. The minimum absolute atomic E-state index is 0.895. The topological polar surface area (TPSA) is 21.3 Å². The molecule has 0 bridgehead atoms. The molecule has 342 valence electrons. The van der Waals surface area contributed by atoms with Crippen molar-refractivity contribution in [2.75, 3.05) is 4.90 Å². The fourth-order valence-corrected chi connectivity index (χ4v) is 10.9. The van der Waals surface area contributed by atoms with Crippen LogP contribution in [0.15, 0.2) is 283 Å². The van der Waals surface area contributed by atoms with Crippen LogP contribution in [-0.2, 0) is 0 Å². The van der Waals surface area contributed by atoms with Gasteiger partial charge in [0.15, 0.2) is 0 Å². The van der Waals surface area contributed by atoms with E-state index < -0.39 is 0 Å². The van der Waals surface area contributed by atoms with Crippen LogP contribution in [0.25, 0.3) is 116 Å². The van der Waals surface area contributed by atoms with Gasteiger partial charge in [0.25, 0.3) is 0 Å². The summed E-state index contributed by atoms with van der Waals surface area (Å²) in [5.74, 6) is 0. The Kier molecular flexibility index (Phi) is 10.2. The van der Waals surface area contributed by atoms with Crippen molar-refractivity contribution in [3.8, 4) is 61.3 Å². The third-order valence-corrected chi connectivity index (χ3v) is 14.6. The first-order valence-electron chi connectivity index (χ1n) is 25.0. The van der Waals surface area contributed by atoms with E-state index in [1.165, 1.54) is 71.6 Å². The molecule has 0 aliphatic heterocycles. The Morgan fingerprint density at radius 3 is 1.36 bits per heavy atom. The number of anilines is 3. The Labute approximate surface area is 423 Å². The minimum atomic E-state index is 0.895. The zero-order chi connectivity index (χ0) is 48.2. The van der Waals surface area contributed by atoms with Gasteiger partial charge in [0.2, 0.25) is 0 Å². The predicted octanol–water partition coefficient (Wildman–Crippen LogP) is 19.6. The van der Waals surface area contributed by atoms with Crippen molar-refractivity contribution in [2.24, 2.45) is 0 Å². The fourth-order valence-electron chi connectivity index (χ4n) is 10.9. The van der Waals surface area contributed by atoms with Crippen LogP contribution in [0.1, 0.15) is 0 Å². The second-order valence-corrected chi connectivity index (χ2v) is 18.9. The summed E-state index contributed by atoms with van der Waals surface area (Å²) in [6, 6.07) is 101. The van der Waals surface area contributed by atoms with Gasteiger partial charge in [0, 0.05) is 44.2 Å². The Bertz CT molecular complexity index is 4300. The molecule has 12 aromatic carbocycles. The summed E-state index contributed by atoms with van der Waals surface area (Å²) in [5, 5.41) is 7.28. The molecule has 14 aromatic rings. The molecule has 0 aliphatic carbocycles. The Hall–Kier alpha value is -9.70. The smallest absolute Gasteiger partial charge is 0.136 e. The summed E-state index contributed by atoms with van der Waals surface area (Å²) in [5.41, 5.74) is 20.3. The van der Waals surface area contributed by atoms with Crippen LogP contribution in [0.2, 0.25) is 0 Å². The van der Waals surface area contributed by atoms with Gasteiger partial charge >= 0.3 is 0 Å². The maximum absolute atomic E-state index is 6.28. The molecule has 73 heavy (non-hydrogen) atoms. The van der Waals surface area contributed by atoms with Crippen molar-refractivity contribution in [1.82, 2.24) is 4.57 Å². The highest BCUT2D eigenvalue weighted by Crippen LogP contribution is 2.41. The van der Waals surface area contributed by atoms with Gasteiger partial charge in [0.05, 0.1) is 16.7 Å². The summed E-state index contributed by atoms with van der Waals surface area (Å²) in [6.45, 7) is 0. The summed E-state index contributed by atoms with van der Waals surface area (Å²) in [4.78, 5) is 2.35. The van der Waals surface area contributed by atoms with Gasteiger partial charge in [-0.2, -0.15) is 0 Å². The molecule has 0 aliphatic rings. The van der Waals surface area contributed by atoms with Crippen LogP contribution in [-0.4, -0.2) is 4.57 Å². The van der Waals surface area contributed by atoms with Crippen molar-refractivity contribution in [3.05, 3.63) is 279 Å². The SMILES string of the molecule is c1cc(-c2ccc(N(c3ccc(-c4ccc(-c5ccccc5-n5c6ccccc6c6ccccc65)cc4)cc3)c3ccc(-c4ccc5c(c4)oc4ccccc45)cc3)cc2)cc(-c2ccc3ccccc3c2)c1. The Balaban J connectivity index is 0.793. The molecule has 0 N–H and O–H groups in total. The minimum Gasteiger partial charge on any atom is -0.456 e. The van der Waals surface area contributed by atoms with E-state index >= 15 is 0 Å². The molecule has 14 rings (SSSR count). The standard InChI is InChI=1S/C70H46N2O/c1-2-13-53-45-56(29-26-47(53)12-1)55-15-11-14-54(44-55)50-32-39-59(40-33-50)71(60-41-34-51(35-42-60)57-36-43-65-64-19-6-10-23-69(64)73-70(65)46-57)58-37-30-49(31-38-58)48-24-27-52(28-25-48)61-16-3-7-20-66(61)72-67-21-8-4-17-62(67)63-18-5-9-22-68(63)72/h1-46H. The zero-order valence-electron chi connectivity index (χ0n) is 39.9. The Morgan fingerprint density at radius 2 is 0.699 bits per heavy atom. The van der Waals surface area contributed by atoms with Crippen molar-refractivity contribution < 1.29 is 4.42 Å². The molecule has 0 spiro atoms. The first-order chi connectivity index (χ1) is 36.2. The molecule has 0 fully saturated rings. The first-order valence-corrected chi connectivity index (χ1v) is 25.0. The number of benzene rings is 12. The maximum atomic E-state index is 6.28. The predicted molar refractivity (Wildman–Crippen MR) is 307 cm³/mol. The molecule has 2 heterocycles. The molecule has 0 saturated carbocycles. The van der Waals surface area contributed by atoms with Gasteiger partial charge in [-0.1, -0.05) is 194 Å². The van der Waals surface area contributed by atoms with E-state index in [0.29, 0.717) is 0 Å². The first kappa shape index (κ1) is 42.2. The number of hydrogen-bond acceptors (Lipinski definition) is 2. The van der Waals surface area contributed by atoms with Crippen LogP contribution in [0.4, 0.5) is 17.1 Å². The van der Waals surface area contributed by atoms with Gasteiger partial charge in [-0.3, -0.25) is 0 Å². The fraction of sp³-hybridized carbons (Fsp3) is 0. The van der Waals surface area contributed by atoms with Gasteiger partial charge in [0.1, 0.15) is 11.2 Å². The monoisotopic (exact) mass is 930 g/mol. The van der Waals surface area contributed by atoms with Gasteiger partial charge in [-0.25, -0.2) is 0 Å². The third-order valence-electron chi connectivity index (χ3n) is 14.6. The van der Waals surface area contributed by atoms with Crippen LogP contribution in [0, 0.1) is 0 Å². The van der Waals surface area contributed by atoms with E-state index in [-0.39, 0.29) is 0 Å². The van der Waals surface area contributed by atoms with Gasteiger partial charge in [-0.15, -0.1) is 0 Å². The van der Waals surface area contributed by atoms with E-state index in [9.17, 15) is 0 Å². The number of para-hydroxylation sites is 4. The summed E-state index contributed by atoms with van der Waals surface area (Å²) in [6.07, 6.45) is 0. The highest BCUT2D eigenvalue weighted by Gasteiger charge is 2.18. The summed E-state index contributed by atoms with van der Waals surface area (Å²) >= 11 is 0. The number of furan rings is 1. The van der Waals surface area contributed by atoms with E-state index in [2.05, 4.69) is 276 Å². The van der Waals surface area contributed by atoms with E-state index in [0.717, 1.165) is 61.3 Å². The molecular formula is C70H46N2O. The normalized spacial score (nSPS) is 11.6. The number of rotatable bonds is 9. The molecular weight excluding hydrogens is 885 g/mol. The molecule has 3 nitrogen and oxygen atoms in total. The van der Waals surface area contributed by atoms with Crippen LogP contribution >= 0.6 is 0 Å². The Morgan fingerprint density at radius 1 is 0.260 bits per heavy atom. The number of aromatic nitrogens is 1. The molecule has 3 heteroatoms. The molecule has 0 radical (unpaired) electrons. The largest absolute Gasteiger partial charge is 0.456 e. The van der Waals surface area contributed by atoms with Crippen molar-refractivity contribution >= 4 is 71.6 Å². The number of hydrogen-bond donors (Lipinski definition) is 0. The average molecular weight is 931 g/mol. The van der Waals surface area contributed by atoms with Crippen molar-refractivity contribution in [2.45, 2.75) is 0 Å². The summed E-state index contributed by atoms with van der Waals surface area (Å²) < 4.78 is 8.69. The van der Waals surface area contributed by atoms with Gasteiger partial charge < -0.3 is 13.9 Å². The molecule has 0 atom stereocenters. The highest BCUT2D eigenvalue weighted by atomic mass is 16.3. The van der Waals surface area contributed by atoms with Crippen LogP contribution < -0.4 is 4.90 Å². The van der Waals surface area contributed by atoms with E-state index in [1.54, 1.807) is 0 Å². The number of fused-ring (bicyclic) bond motifs is 7. The molecule has 0 unspecified atom stereocenters. The quantitative estimate of drug-likeness (QED) is 0.144. The molecule has 0 saturated heterocycles. The lowest BCUT2D eigenvalue weighted by Gasteiger charge is -2.26. The second-order valence-electron chi connectivity index (χ2n) is 18.9. The van der Waals surface area contributed by atoms with Crippen molar-refractivity contribution in [1.29, 1.82) is 0 Å². The number of nitrogens with zero attached hydrogens (tertiary/aromatic N) is 2.